The van der Waals surface area contributed by atoms with Crippen molar-refractivity contribution in [3.05, 3.63) is 85.1 Å². The van der Waals surface area contributed by atoms with Crippen LogP contribution in [0.15, 0.2) is 85.1 Å². The number of rotatable bonds is 47. The summed E-state index contributed by atoms with van der Waals surface area (Å²) in [5, 5.41) is 31.4. The first-order valence-corrected chi connectivity index (χ1v) is 28.6. The van der Waals surface area contributed by atoms with E-state index in [2.05, 4.69) is 106 Å². The van der Waals surface area contributed by atoms with E-state index in [4.69, 9.17) is 23.7 Å². The van der Waals surface area contributed by atoms with Crippen molar-refractivity contribution in [3.8, 4) is 0 Å². The Balaban J connectivity index is 2.75. The van der Waals surface area contributed by atoms with Gasteiger partial charge in [0.25, 0.3) is 0 Å². The summed E-state index contributed by atoms with van der Waals surface area (Å²) in [5.41, 5.74) is 0. The second-order valence-corrected chi connectivity index (χ2v) is 19.2. The zero-order valence-corrected chi connectivity index (χ0v) is 45.6. The number of carbonyl (C=O) groups excluding carboxylic acids is 3. The average Bonchev–Trinajstić information content (AvgIpc) is 3.37. The second kappa shape index (κ2) is 48.8. The predicted octanol–water partition coefficient (Wildman–Crippen LogP) is 14.3. The third-order valence-electron chi connectivity index (χ3n) is 12.5. The van der Waals surface area contributed by atoms with Crippen LogP contribution >= 0.6 is 0 Å². The van der Waals surface area contributed by atoms with Gasteiger partial charge in [-0.25, -0.2) is 4.79 Å². The Hall–Kier alpha value is -4.10. The summed E-state index contributed by atoms with van der Waals surface area (Å²) in [6.45, 7) is 5.71. The zero-order chi connectivity index (χ0) is 53.3. The Morgan fingerprint density at radius 3 is 1.34 bits per heavy atom. The van der Waals surface area contributed by atoms with Crippen LogP contribution in [0.4, 0.5) is 0 Å². The maximum atomic E-state index is 13.1. The van der Waals surface area contributed by atoms with E-state index in [-0.39, 0.29) is 25.9 Å². The maximum absolute atomic E-state index is 13.1. The van der Waals surface area contributed by atoms with Crippen molar-refractivity contribution in [3.63, 3.8) is 0 Å². The van der Waals surface area contributed by atoms with Gasteiger partial charge in [-0.1, -0.05) is 202 Å². The smallest absolute Gasteiger partial charge is 0.335 e. The van der Waals surface area contributed by atoms with Gasteiger partial charge in [0.05, 0.1) is 6.61 Å². The molecule has 12 heteroatoms. The number of aliphatic carboxylic acids is 1. The number of unbranched alkanes of at least 4 members (excludes halogenated alkanes) is 19. The molecule has 0 aromatic rings. The molecule has 6 atom stereocenters. The lowest BCUT2D eigenvalue weighted by Crippen LogP contribution is -2.61. The summed E-state index contributed by atoms with van der Waals surface area (Å²) in [5.74, 6) is -3.21. The molecular formula is C61H100O12. The third kappa shape index (κ3) is 39.0. The molecule has 6 unspecified atom stereocenters. The van der Waals surface area contributed by atoms with Crippen LogP contribution in [0.5, 0.6) is 0 Å². The SMILES string of the molecule is CC/C=C\C/C=C\C/C=C\C/C=C\CCCCC(=O)OCC(COC1OC(C(=O)O)C(O)C(O)C1OC(=O)CCCCC/C=C\C/C=C\C/C=C\CC)OC(=O)CCCCCCCCCCCCCCCCC. The molecule has 416 valence electrons. The lowest BCUT2D eigenvalue weighted by Gasteiger charge is -2.40. The van der Waals surface area contributed by atoms with Crippen molar-refractivity contribution in [2.45, 2.75) is 263 Å². The second-order valence-electron chi connectivity index (χ2n) is 19.2. The number of aliphatic hydroxyl groups excluding tert-OH is 2. The molecule has 0 spiro atoms. The van der Waals surface area contributed by atoms with Crippen molar-refractivity contribution in [1.29, 1.82) is 0 Å². The molecule has 0 saturated carbocycles. The van der Waals surface area contributed by atoms with Gasteiger partial charge in [0.2, 0.25) is 0 Å². The quantitative estimate of drug-likeness (QED) is 0.0228. The van der Waals surface area contributed by atoms with Gasteiger partial charge in [0.1, 0.15) is 18.8 Å². The number of hydrogen-bond donors (Lipinski definition) is 3. The highest BCUT2D eigenvalue weighted by Crippen LogP contribution is 2.26. The molecule has 0 radical (unpaired) electrons. The van der Waals surface area contributed by atoms with Gasteiger partial charge in [0.15, 0.2) is 24.6 Å². The van der Waals surface area contributed by atoms with Crippen LogP contribution in [0, 0.1) is 0 Å². The van der Waals surface area contributed by atoms with Gasteiger partial charge in [-0.05, 0) is 89.9 Å². The summed E-state index contributed by atoms with van der Waals surface area (Å²) in [6, 6.07) is 0. The van der Waals surface area contributed by atoms with Crippen LogP contribution in [-0.2, 0) is 42.9 Å². The van der Waals surface area contributed by atoms with Gasteiger partial charge in [0, 0.05) is 19.3 Å². The number of carboxylic acid groups (broad SMARTS) is 1. The molecule has 12 nitrogen and oxygen atoms in total. The van der Waals surface area contributed by atoms with E-state index in [1.54, 1.807) is 0 Å². The van der Waals surface area contributed by atoms with Crippen LogP contribution in [0.1, 0.15) is 226 Å². The minimum absolute atomic E-state index is 0.0189. The first-order valence-electron chi connectivity index (χ1n) is 28.6. The minimum atomic E-state index is -1.92. The topological polar surface area (TPSA) is 175 Å². The highest BCUT2D eigenvalue weighted by atomic mass is 16.7. The van der Waals surface area contributed by atoms with Crippen molar-refractivity contribution in [2.75, 3.05) is 13.2 Å². The van der Waals surface area contributed by atoms with Gasteiger partial charge >= 0.3 is 23.9 Å². The lowest BCUT2D eigenvalue weighted by molar-refractivity contribution is -0.301. The summed E-state index contributed by atoms with van der Waals surface area (Å²) in [4.78, 5) is 51.0. The van der Waals surface area contributed by atoms with Crippen LogP contribution in [-0.4, -0.2) is 89.2 Å². The number of ether oxygens (including phenoxy) is 5. The summed E-state index contributed by atoms with van der Waals surface area (Å²) >= 11 is 0. The fourth-order valence-electron chi connectivity index (χ4n) is 8.14. The Bertz CT molecular complexity index is 1590. The minimum Gasteiger partial charge on any atom is -0.479 e. The lowest BCUT2D eigenvalue weighted by atomic mass is 9.98. The van der Waals surface area contributed by atoms with E-state index in [9.17, 15) is 34.5 Å². The molecule has 0 bridgehead atoms. The van der Waals surface area contributed by atoms with E-state index in [1.165, 1.54) is 70.6 Å². The Morgan fingerprint density at radius 2 is 0.863 bits per heavy atom. The van der Waals surface area contributed by atoms with Crippen LogP contribution in [0.25, 0.3) is 0 Å². The van der Waals surface area contributed by atoms with E-state index in [0.29, 0.717) is 19.3 Å². The first kappa shape index (κ1) is 66.9. The monoisotopic (exact) mass is 1020 g/mol. The highest BCUT2D eigenvalue weighted by molar-refractivity contribution is 5.74. The Labute approximate surface area is 441 Å². The normalized spacial score (nSPS) is 18.9. The predicted molar refractivity (Wildman–Crippen MR) is 294 cm³/mol. The number of hydrogen-bond acceptors (Lipinski definition) is 11. The van der Waals surface area contributed by atoms with Crippen molar-refractivity contribution < 1.29 is 58.2 Å². The summed E-state index contributed by atoms with van der Waals surface area (Å²) in [7, 11) is 0. The molecule has 1 saturated heterocycles. The third-order valence-corrected chi connectivity index (χ3v) is 12.5. The molecule has 1 aliphatic heterocycles. The van der Waals surface area contributed by atoms with Gasteiger partial charge < -0.3 is 39.0 Å². The van der Waals surface area contributed by atoms with Gasteiger partial charge in [-0.2, -0.15) is 0 Å². The Kier molecular flexibility index (Phi) is 44.7. The number of esters is 3. The molecule has 1 rings (SSSR count). The molecule has 0 aliphatic carbocycles. The standard InChI is InChI=1S/C61H100O12/c1-4-7-10-13-16-19-22-25-27-30-32-35-38-41-44-47-53(62)69-50-52(71-54(63)48-45-42-39-36-34-31-28-26-23-20-17-14-11-8-5-2)51-70-61-59(57(66)56(65)58(73-61)60(67)68)72-55(64)49-46-43-40-37-33-29-24-21-18-15-12-9-6-3/h7,9-10,12,16,18-19,21,25,27,29,32-33,35,52,56-59,61,65-66H,4-6,8,11,13-15,17,20,22-24,26,28,30-31,34,36-51H2,1-3H3,(H,67,68)/b10-7-,12-9-,19-16-,21-18-,27-25-,33-29-,35-32-. The van der Waals surface area contributed by atoms with Crippen LogP contribution < -0.4 is 0 Å². The number of carbonyl (C=O) groups is 4. The first-order chi connectivity index (χ1) is 35.6. The van der Waals surface area contributed by atoms with Crippen molar-refractivity contribution in [2.24, 2.45) is 0 Å². The van der Waals surface area contributed by atoms with Gasteiger partial charge in [-0.3, -0.25) is 14.4 Å². The van der Waals surface area contributed by atoms with Gasteiger partial charge in [-0.15, -0.1) is 0 Å². The molecule has 0 aromatic heterocycles. The fraction of sp³-hybridized carbons (Fsp3) is 0.705. The molecule has 0 aromatic carbocycles. The summed E-state index contributed by atoms with van der Waals surface area (Å²) in [6.07, 6.45) is 49.9. The van der Waals surface area contributed by atoms with Crippen LogP contribution in [0.3, 0.4) is 0 Å². The highest BCUT2D eigenvalue weighted by Gasteiger charge is 2.50. The average molecular weight is 1030 g/mol. The van der Waals surface area contributed by atoms with Crippen molar-refractivity contribution in [1.82, 2.24) is 0 Å². The van der Waals surface area contributed by atoms with Crippen LogP contribution in [0.2, 0.25) is 0 Å². The van der Waals surface area contributed by atoms with E-state index in [1.807, 2.05) is 0 Å². The molecular weight excluding hydrogens is 925 g/mol. The van der Waals surface area contributed by atoms with E-state index < -0.39 is 67.3 Å². The van der Waals surface area contributed by atoms with E-state index >= 15 is 0 Å². The molecule has 1 aliphatic rings. The number of aliphatic hydroxyl groups is 2. The molecule has 1 fully saturated rings. The molecule has 3 N–H and O–H groups in total. The van der Waals surface area contributed by atoms with Crippen molar-refractivity contribution >= 4 is 23.9 Å². The fourth-order valence-corrected chi connectivity index (χ4v) is 8.14. The molecule has 73 heavy (non-hydrogen) atoms. The maximum Gasteiger partial charge on any atom is 0.335 e. The number of allylic oxidation sites excluding steroid dienone is 14. The molecule has 0 amide bonds. The number of carboxylic acids is 1. The Morgan fingerprint density at radius 1 is 0.466 bits per heavy atom. The largest absolute Gasteiger partial charge is 0.479 e. The molecule has 1 heterocycles. The summed E-state index contributed by atoms with van der Waals surface area (Å²) < 4.78 is 28.3. The van der Waals surface area contributed by atoms with E-state index in [0.717, 1.165) is 96.3 Å². The zero-order valence-electron chi connectivity index (χ0n) is 45.6.